The number of fused-ring (bicyclic) bond motifs is 1. The number of carbonyl (C=O) groups excluding carboxylic acids is 1. The summed E-state index contributed by atoms with van der Waals surface area (Å²) in [7, 11) is 0. The first-order valence-electron chi connectivity index (χ1n) is 9.79. The molecule has 0 aromatic heterocycles. The summed E-state index contributed by atoms with van der Waals surface area (Å²) >= 11 is 0. The predicted octanol–water partition coefficient (Wildman–Crippen LogP) is 5.04. The average molecular weight is 353 g/mol. The Morgan fingerprint density at radius 1 is 1.04 bits per heavy atom. The largest absolute Gasteiger partial charge is 0.300 e. The van der Waals surface area contributed by atoms with Gasteiger partial charge in [0.1, 0.15) is 5.82 Å². The van der Waals surface area contributed by atoms with Crippen LogP contribution in [0.2, 0.25) is 0 Å². The molecule has 0 aliphatic heterocycles. The molecule has 1 aliphatic carbocycles. The van der Waals surface area contributed by atoms with E-state index in [1.165, 1.54) is 11.6 Å². The fraction of sp³-hybridized carbons (Fsp3) is 0.435. The molecular weight excluding hydrogens is 325 g/mol. The van der Waals surface area contributed by atoms with E-state index >= 15 is 0 Å². The molecule has 3 rings (SSSR count). The minimum absolute atomic E-state index is 0.169. The molecule has 0 bridgehead atoms. The fourth-order valence-corrected chi connectivity index (χ4v) is 4.14. The standard InChI is InChI=1S/C23H28FNO/c1-3-14-25(15-4-2)18-13-12-17-8-7-10-19(21(17)16-18)23(26)20-9-5-6-11-22(20)24/h5-11,18H,3-4,12-16H2,1-2H3. The first kappa shape index (κ1) is 18.8. The Morgan fingerprint density at radius 3 is 2.42 bits per heavy atom. The van der Waals surface area contributed by atoms with Crippen molar-refractivity contribution in [3.63, 3.8) is 0 Å². The number of ketones is 1. The lowest BCUT2D eigenvalue weighted by Crippen LogP contribution is -2.40. The summed E-state index contributed by atoms with van der Waals surface area (Å²) in [6.07, 6.45) is 5.27. The molecule has 2 aromatic carbocycles. The monoisotopic (exact) mass is 353 g/mol. The van der Waals surface area contributed by atoms with Gasteiger partial charge in [0.2, 0.25) is 0 Å². The van der Waals surface area contributed by atoms with E-state index < -0.39 is 5.82 Å². The van der Waals surface area contributed by atoms with Crippen LogP contribution in [0.15, 0.2) is 42.5 Å². The maximum absolute atomic E-state index is 14.1. The van der Waals surface area contributed by atoms with Crippen molar-refractivity contribution < 1.29 is 9.18 Å². The van der Waals surface area contributed by atoms with Gasteiger partial charge >= 0.3 is 0 Å². The molecular formula is C23H28FNO. The van der Waals surface area contributed by atoms with Crippen molar-refractivity contribution in [2.45, 2.75) is 52.0 Å². The zero-order valence-corrected chi connectivity index (χ0v) is 15.8. The molecule has 0 radical (unpaired) electrons. The Morgan fingerprint density at radius 2 is 1.73 bits per heavy atom. The van der Waals surface area contributed by atoms with Crippen LogP contribution in [0.4, 0.5) is 4.39 Å². The summed E-state index contributed by atoms with van der Waals surface area (Å²) in [6, 6.07) is 12.7. The molecule has 0 amide bonds. The molecule has 0 spiro atoms. The molecule has 0 saturated heterocycles. The lowest BCUT2D eigenvalue weighted by molar-refractivity contribution is 0.103. The Kier molecular flexibility index (Phi) is 6.20. The van der Waals surface area contributed by atoms with E-state index in [0.29, 0.717) is 11.6 Å². The van der Waals surface area contributed by atoms with Crippen molar-refractivity contribution in [2.24, 2.45) is 0 Å². The third kappa shape index (κ3) is 3.88. The van der Waals surface area contributed by atoms with Gasteiger partial charge in [0.05, 0.1) is 5.56 Å². The van der Waals surface area contributed by atoms with Crippen LogP contribution in [0.5, 0.6) is 0 Å². The minimum atomic E-state index is -0.443. The Balaban J connectivity index is 1.92. The number of aryl methyl sites for hydroxylation is 1. The van der Waals surface area contributed by atoms with E-state index in [2.05, 4.69) is 24.8 Å². The van der Waals surface area contributed by atoms with Gasteiger partial charge < -0.3 is 4.90 Å². The Bertz CT molecular complexity index is 765. The zero-order chi connectivity index (χ0) is 18.5. The quantitative estimate of drug-likeness (QED) is 0.650. The molecule has 0 heterocycles. The van der Waals surface area contributed by atoms with Crippen LogP contribution in [0.25, 0.3) is 0 Å². The number of hydrogen-bond acceptors (Lipinski definition) is 2. The molecule has 1 aliphatic rings. The highest BCUT2D eigenvalue weighted by Crippen LogP contribution is 2.29. The van der Waals surface area contributed by atoms with Crippen LogP contribution < -0.4 is 0 Å². The SMILES string of the molecule is CCCN(CCC)C1CCc2cccc(C(=O)c3ccccc3F)c2C1. The number of nitrogens with zero attached hydrogens (tertiary/aromatic N) is 1. The fourth-order valence-electron chi connectivity index (χ4n) is 4.14. The number of halogens is 1. The van der Waals surface area contributed by atoms with Crippen LogP contribution in [0, 0.1) is 5.82 Å². The van der Waals surface area contributed by atoms with Gasteiger partial charge in [-0.3, -0.25) is 4.79 Å². The molecule has 2 nitrogen and oxygen atoms in total. The highest BCUT2D eigenvalue weighted by molar-refractivity contribution is 6.10. The average Bonchev–Trinajstić information content (AvgIpc) is 2.67. The van der Waals surface area contributed by atoms with Gasteiger partial charge in [-0.1, -0.05) is 44.2 Å². The van der Waals surface area contributed by atoms with Gasteiger partial charge in [0.15, 0.2) is 5.78 Å². The second kappa shape index (κ2) is 8.59. The smallest absolute Gasteiger partial charge is 0.196 e. The molecule has 1 unspecified atom stereocenters. The summed E-state index contributed by atoms with van der Waals surface area (Å²) < 4.78 is 14.1. The normalized spacial score (nSPS) is 16.5. The molecule has 3 heteroatoms. The van der Waals surface area contributed by atoms with Crippen LogP contribution in [-0.2, 0) is 12.8 Å². The van der Waals surface area contributed by atoms with E-state index in [1.54, 1.807) is 18.2 Å². The van der Waals surface area contributed by atoms with Crippen molar-refractivity contribution in [2.75, 3.05) is 13.1 Å². The molecule has 138 valence electrons. The van der Waals surface area contributed by atoms with Gasteiger partial charge in [-0.2, -0.15) is 0 Å². The van der Waals surface area contributed by atoms with Crippen LogP contribution >= 0.6 is 0 Å². The van der Waals surface area contributed by atoms with Crippen LogP contribution in [0.3, 0.4) is 0 Å². The molecule has 0 fully saturated rings. The van der Waals surface area contributed by atoms with Gasteiger partial charge in [0.25, 0.3) is 0 Å². The second-order valence-corrected chi connectivity index (χ2v) is 7.18. The van der Waals surface area contributed by atoms with Gasteiger partial charge in [-0.05, 0) is 68.5 Å². The number of carbonyl (C=O) groups is 1. The Labute approximate surface area is 156 Å². The summed E-state index contributed by atoms with van der Waals surface area (Å²) in [5.41, 5.74) is 3.21. The maximum Gasteiger partial charge on any atom is 0.196 e. The highest BCUT2D eigenvalue weighted by atomic mass is 19.1. The second-order valence-electron chi connectivity index (χ2n) is 7.18. The molecule has 0 N–H and O–H groups in total. The molecule has 2 aromatic rings. The lowest BCUT2D eigenvalue weighted by Gasteiger charge is -2.35. The third-order valence-electron chi connectivity index (χ3n) is 5.36. The first-order valence-corrected chi connectivity index (χ1v) is 9.79. The zero-order valence-electron chi connectivity index (χ0n) is 15.8. The number of rotatable bonds is 7. The summed E-state index contributed by atoms with van der Waals surface area (Å²) in [4.78, 5) is 15.6. The van der Waals surface area contributed by atoms with E-state index in [0.717, 1.165) is 50.8 Å². The summed E-state index contributed by atoms with van der Waals surface area (Å²) in [5.74, 6) is -0.640. The number of hydrogen-bond donors (Lipinski definition) is 0. The van der Waals surface area contributed by atoms with Crippen molar-refractivity contribution in [1.29, 1.82) is 0 Å². The van der Waals surface area contributed by atoms with E-state index in [9.17, 15) is 9.18 Å². The molecule has 0 saturated carbocycles. The van der Waals surface area contributed by atoms with Crippen molar-refractivity contribution in [1.82, 2.24) is 4.90 Å². The maximum atomic E-state index is 14.1. The van der Waals surface area contributed by atoms with Crippen molar-refractivity contribution >= 4 is 5.78 Å². The summed E-state index contributed by atoms with van der Waals surface area (Å²) in [5, 5.41) is 0. The minimum Gasteiger partial charge on any atom is -0.300 e. The van der Waals surface area contributed by atoms with E-state index in [1.807, 2.05) is 12.1 Å². The van der Waals surface area contributed by atoms with Crippen molar-refractivity contribution in [3.8, 4) is 0 Å². The third-order valence-corrected chi connectivity index (χ3v) is 5.36. The topological polar surface area (TPSA) is 20.3 Å². The van der Waals surface area contributed by atoms with Gasteiger partial charge in [-0.15, -0.1) is 0 Å². The summed E-state index contributed by atoms with van der Waals surface area (Å²) in [6.45, 7) is 6.62. The van der Waals surface area contributed by atoms with Gasteiger partial charge in [0, 0.05) is 11.6 Å². The lowest BCUT2D eigenvalue weighted by atomic mass is 9.82. The first-order chi connectivity index (χ1) is 12.7. The molecule has 1 atom stereocenters. The van der Waals surface area contributed by atoms with E-state index in [-0.39, 0.29) is 11.3 Å². The number of benzene rings is 2. The van der Waals surface area contributed by atoms with Crippen LogP contribution in [-0.4, -0.2) is 29.8 Å². The van der Waals surface area contributed by atoms with Crippen molar-refractivity contribution in [3.05, 3.63) is 70.5 Å². The van der Waals surface area contributed by atoms with E-state index in [4.69, 9.17) is 0 Å². The van der Waals surface area contributed by atoms with Crippen LogP contribution in [0.1, 0.15) is 60.2 Å². The Hall–Kier alpha value is -2.00. The molecule has 26 heavy (non-hydrogen) atoms. The predicted molar refractivity (Wildman–Crippen MR) is 104 cm³/mol. The highest BCUT2D eigenvalue weighted by Gasteiger charge is 2.27. The van der Waals surface area contributed by atoms with Gasteiger partial charge in [-0.25, -0.2) is 4.39 Å².